The van der Waals surface area contributed by atoms with Gasteiger partial charge in [-0.25, -0.2) is 8.42 Å². The molecule has 1 fully saturated rings. The summed E-state index contributed by atoms with van der Waals surface area (Å²) in [4.78, 5) is 0. The van der Waals surface area contributed by atoms with Crippen molar-refractivity contribution in [3.8, 4) is 0 Å². The maximum absolute atomic E-state index is 12.0. The molecule has 88 valence electrons. The second-order valence-electron chi connectivity index (χ2n) is 3.59. The molecule has 0 saturated carbocycles. The van der Waals surface area contributed by atoms with Crippen molar-refractivity contribution in [3.63, 3.8) is 0 Å². The van der Waals surface area contributed by atoms with E-state index >= 15 is 0 Å². The Labute approximate surface area is 104 Å². The summed E-state index contributed by atoms with van der Waals surface area (Å²) < 4.78 is 26.3. The molecule has 0 spiro atoms. The monoisotopic (exact) mass is 304 g/mol. The first-order valence-corrected chi connectivity index (χ1v) is 7.47. The van der Waals surface area contributed by atoms with Crippen LogP contribution in [0.1, 0.15) is 0 Å². The van der Waals surface area contributed by atoms with E-state index in [1.807, 2.05) is 24.3 Å². The van der Waals surface area contributed by atoms with E-state index in [1.165, 1.54) is 4.31 Å². The number of hydrogen-bond donors (Lipinski definition) is 1. The Morgan fingerprint density at radius 1 is 1.25 bits per heavy atom. The van der Waals surface area contributed by atoms with Crippen molar-refractivity contribution in [1.82, 2.24) is 5.32 Å². The van der Waals surface area contributed by atoms with Crippen LogP contribution in [0.15, 0.2) is 28.7 Å². The number of anilines is 1. The van der Waals surface area contributed by atoms with E-state index < -0.39 is 10.0 Å². The fraction of sp³-hybridized carbons (Fsp3) is 0.400. The van der Waals surface area contributed by atoms with Crippen molar-refractivity contribution >= 4 is 31.6 Å². The summed E-state index contributed by atoms with van der Waals surface area (Å²) >= 11 is 3.38. The predicted molar refractivity (Wildman–Crippen MR) is 68.1 cm³/mol. The molecule has 4 nitrogen and oxygen atoms in total. The second-order valence-corrected chi connectivity index (χ2v) is 6.46. The van der Waals surface area contributed by atoms with Crippen molar-refractivity contribution in [2.75, 3.05) is 29.7 Å². The van der Waals surface area contributed by atoms with Crippen LogP contribution >= 0.6 is 15.9 Å². The van der Waals surface area contributed by atoms with Gasteiger partial charge in [0.1, 0.15) is 0 Å². The van der Waals surface area contributed by atoms with E-state index in [2.05, 4.69) is 21.2 Å². The Morgan fingerprint density at radius 2 is 2.00 bits per heavy atom. The van der Waals surface area contributed by atoms with Crippen molar-refractivity contribution in [2.45, 2.75) is 0 Å². The Kier molecular flexibility index (Phi) is 3.51. The second kappa shape index (κ2) is 4.73. The van der Waals surface area contributed by atoms with Gasteiger partial charge in [-0.2, -0.15) is 0 Å². The quantitative estimate of drug-likeness (QED) is 0.848. The van der Waals surface area contributed by atoms with Crippen LogP contribution in [0.2, 0.25) is 0 Å². The smallest absolute Gasteiger partial charge is 0.236 e. The van der Waals surface area contributed by atoms with Crippen LogP contribution in [0, 0.1) is 0 Å². The van der Waals surface area contributed by atoms with Crippen LogP contribution < -0.4 is 9.62 Å². The average Bonchev–Trinajstić information content (AvgIpc) is 2.40. The lowest BCUT2D eigenvalue weighted by molar-refractivity contribution is 0.594. The van der Waals surface area contributed by atoms with E-state index in [0.29, 0.717) is 25.3 Å². The maximum Gasteiger partial charge on any atom is 0.236 e. The van der Waals surface area contributed by atoms with Crippen LogP contribution in [0.4, 0.5) is 5.69 Å². The largest absolute Gasteiger partial charge is 0.314 e. The molecule has 0 amide bonds. The highest BCUT2D eigenvalue weighted by atomic mass is 79.9. The summed E-state index contributed by atoms with van der Waals surface area (Å²) in [6.07, 6.45) is 0. The Bertz CT molecular complexity index is 475. The van der Waals surface area contributed by atoms with Crippen molar-refractivity contribution in [2.24, 2.45) is 0 Å². The first kappa shape index (κ1) is 11.9. The molecule has 1 aliphatic heterocycles. The molecule has 1 aromatic carbocycles. The molecule has 0 bridgehead atoms. The van der Waals surface area contributed by atoms with Crippen LogP contribution in [0.25, 0.3) is 0 Å². The highest BCUT2D eigenvalue weighted by molar-refractivity contribution is 9.10. The number of hydrogen-bond acceptors (Lipinski definition) is 3. The first-order chi connectivity index (χ1) is 7.61. The van der Waals surface area contributed by atoms with Crippen molar-refractivity contribution < 1.29 is 8.42 Å². The van der Waals surface area contributed by atoms with Crippen LogP contribution in [0.5, 0.6) is 0 Å². The highest BCUT2D eigenvalue weighted by Gasteiger charge is 2.25. The van der Waals surface area contributed by atoms with E-state index in [1.54, 1.807) is 0 Å². The van der Waals surface area contributed by atoms with Crippen LogP contribution in [0.3, 0.4) is 0 Å². The third-order valence-electron chi connectivity index (χ3n) is 2.49. The van der Waals surface area contributed by atoms with E-state index in [-0.39, 0.29) is 5.75 Å². The van der Waals surface area contributed by atoms with E-state index in [9.17, 15) is 8.42 Å². The predicted octanol–water partition coefficient (Wildman–Crippen LogP) is 1.19. The minimum atomic E-state index is -3.19. The van der Waals surface area contributed by atoms with E-state index in [4.69, 9.17) is 0 Å². The molecule has 0 aliphatic carbocycles. The minimum Gasteiger partial charge on any atom is -0.314 e. The summed E-state index contributed by atoms with van der Waals surface area (Å²) in [6, 6.07) is 7.38. The maximum atomic E-state index is 12.0. The SMILES string of the molecule is O=S1(=O)CCNCCN1c1ccccc1Br. The van der Waals surface area contributed by atoms with Gasteiger partial charge in [-0.1, -0.05) is 12.1 Å². The number of benzene rings is 1. The molecule has 1 heterocycles. The van der Waals surface area contributed by atoms with Crippen LogP contribution in [-0.2, 0) is 10.0 Å². The number of rotatable bonds is 1. The molecule has 1 saturated heterocycles. The third-order valence-corrected chi connectivity index (χ3v) is 4.93. The Morgan fingerprint density at radius 3 is 2.75 bits per heavy atom. The first-order valence-electron chi connectivity index (χ1n) is 5.07. The van der Waals surface area contributed by atoms with Crippen LogP contribution in [-0.4, -0.2) is 33.8 Å². The number of para-hydroxylation sites is 1. The highest BCUT2D eigenvalue weighted by Crippen LogP contribution is 2.28. The topological polar surface area (TPSA) is 49.4 Å². The zero-order valence-electron chi connectivity index (χ0n) is 8.69. The van der Waals surface area contributed by atoms with Crippen molar-refractivity contribution in [1.29, 1.82) is 0 Å². The van der Waals surface area contributed by atoms with E-state index in [0.717, 1.165) is 4.47 Å². The molecule has 16 heavy (non-hydrogen) atoms. The number of nitrogens with zero attached hydrogens (tertiary/aromatic N) is 1. The number of sulfonamides is 1. The van der Waals surface area contributed by atoms with Gasteiger partial charge in [-0.15, -0.1) is 0 Å². The lowest BCUT2D eigenvalue weighted by Crippen LogP contribution is -2.33. The molecule has 0 atom stereocenters. The molecule has 0 radical (unpaired) electrons. The van der Waals surface area contributed by atoms with Gasteiger partial charge in [0.05, 0.1) is 11.4 Å². The molecule has 1 aliphatic rings. The molecule has 1 N–H and O–H groups in total. The summed E-state index contributed by atoms with van der Waals surface area (Å²) in [5.74, 6) is 0.147. The molecule has 0 aromatic heterocycles. The summed E-state index contributed by atoms with van der Waals surface area (Å²) in [7, 11) is -3.19. The van der Waals surface area contributed by atoms with Gasteiger partial charge in [0.2, 0.25) is 10.0 Å². The fourth-order valence-corrected chi connectivity index (χ4v) is 3.75. The molecule has 0 unspecified atom stereocenters. The van der Waals surface area contributed by atoms with Crippen molar-refractivity contribution in [3.05, 3.63) is 28.7 Å². The standard InChI is InChI=1S/C10H13BrN2O2S/c11-9-3-1-2-4-10(9)13-7-5-12-6-8-16(13,14)15/h1-4,12H,5-8H2. The van der Waals surface area contributed by atoms with Gasteiger partial charge in [0.15, 0.2) is 0 Å². The Balaban J connectivity index is 2.42. The van der Waals surface area contributed by atoms with Gasteiger partial charge in [-0.3, -0.25) is 4.31 Å². The summed E-state index contributed by atoms with van der Waals surface area (Å²) in [5.41, 5.74) is 0.714. The van der Waals surface area contributed by atoms with Gasteiger partial charge in [0, 0.05) is 24.1 Å². The molecule has 1 aromatic rings. The molecular formula is C10H13BrN2O2S. The number of nitrogens with one attached hydrogen (secondary N) is 1. The van der Waals surface area contributed by atoms with Gasteiger partial charge in [0.25, 0.3) is 0 Å². The third kappa shape index (κ3) is 2.39. The van der Waals surface area contributed by atoms with Gasteiger partial charge in [-0.05, 0) is 28.1 Å². The van der Waals surface area contributed by atoms with Gasteiger partial charge < -0.3 is 5.32 Å². The minimum absolute atomic E-state index is 0.147. The normalized spacial score (nSPS) is 20.4. The number of halogens is 1. The zero-order valence-corrected chi connectivity index (χ0v) is 11.1. The summed E-state index contributed by atoms with van der Waals surface area (Å²) in [6.45, 7) is 1.68. The molecule has 6 heteroatoms. The Hall–Kier alpha value is -0.590. The lowest BCUT2D eigenvalue weighted by Gasteiger charge is -2.22. The molecular weight excluding hydrogens is 292 g/mol. The average molecular weight is 305 g/mol. The summed E-state index contributed by atoms with van der Waals surface area (Å²) in [5, 5.41) is 3.09. The molecule has 2 rings (SSSR count). The zero-order chi connectivity index (χ0) is 11.6. The fourth-order valence-electron chi connectivity index (χ4n) is 1.68. The van der Waals surface area contributed by atoms with Gasteiger partial charge >= 0.3 is 0 Å². The lowest BCUT2D eigenvalue weighted by atomic mass is 10.3.